The van der Waals surface area contributed by atoms with Crippen molar-refractivity contribution in [1.82, 2.24) is 9.97 Å². The first kappa shape index (κ1) is 8.63. The van der Waals surface area contributed by atoms with Gasteiger partial charge in [0.15, 0.2) is 0 Å². The molecule has 1 unspecified atom stereocenters. The van der Waals surface area contributed by atoms with Crippen molar-refractivity contribution >= 4 is 0 Å². The van der Waals surface area contributed by atoms with Crippen LogP contribution in [0, 0.1) is 12.3 Å². The molecule has 1 heterocycles. The summed E-state index contributed by atoms with van der Waals surface area (Å²) >= 11 is 0. The maximum atomic E-state index is 10.1. The second-order valence-corrected chi connectivity index (χ2v) is 4.47. The minimum absolute atomic E-state index is 0.0462. The van der Waals surface area contributed by atoms with Gasteiger partial charge in [0.1, 0.15) is 5.60 Å². The molecule has 1 saturated carbocycles. The van der Waals surface area contributed by atoms with Crippen molar-refractivity contribution < 1.29 is 5.11 Å². The van der Waals surface area contributed by atoms with Crippen LogP contribution in [0.15, 0.2) is 12.4 Å². The van der Waals surface area contributed by atoms with E-state index in [2.05, 4.69) is 9.97 Å². The molecule has 1 aromatic heterocycles. The summed E-state index contributed by atoms with van der Waals surface area (Å²) in [5.74, 6) is 0. The number of hydrogen-bond acceptors (Lipinski definition) is 3. The van der Waals surface area contributed by atoms with E-state index in [1.165, 1.54) is 0 Å². The van der Waals surface area contributed by atoms with Crippen LogP contribution in [0.1, 0.15) is 31.7 Å². The Bertz CT molecular complexity index is 349. The molecule has 3 nitrogen and oxygen atoms in total. The Balaban J connectivity index is 2.38. The largest absolute Gasteiger partial charge is 0.383 e. The third-order valence-electron chi connectivity index (χ3n) is 2.87. The molecule has 13 heavy (non-hydrogen) atoms. The number of rotatable bonds is 1. The minimum atomic E-state index is -0.744. The number of nitrogens with zero attached hydrogens (tertiary/aromatic N) is 2. The quantitative estimate of drug-likeness (QED) is 0.707. The van der Waals surface area contributed by atoms with Gasteiger partial charge in [0.25, 0.3) is 0 Å². The SMILES string of the molecule is Cc1cncc(C2(O)CC2(C)C)n1. The van der Waals surface area contributed by atoms with Crippen LogP contribution in [0.3, 0.4) is 0 Å². The lowest BCUT2D eigenvalue weighted by Gasteiger charge is -2.12. The summed E-state index contributed by atoms with van der Waals surface area (Å²) in [6.45, 7) is 5.96. The third-order valence-corrected chi connectivity index (χ3v) is 2.87. The van der Waals surface area contributed by atoms with Crippen LogP contribution >= 0.6 is 0 Å². The maximum absolute atomic E-state index is 10.1. The Hall–Kier alpha value is -0.960. The average Bonchev–Trinajstić information content (AvgIpc) is 2.53. The fourth-order valence-electron chi connectivity index (χ4n) is 1.70. The highest BCUT2D eigenvalue weighted by Crippen LogP contribution is 2.61. The van der Waals surface area contributed by atoms with Gasteiger partial charge in [0.2, 0.25) is 0 Å². The smallest absolute Gasteiger partial charge is 0.114 e. The van der Waals surface area contributed by atoms with Gasteiger partial charge in [-0.05, 0) is 13.3 Å². The summed E-state index contributed by atoms with van der Waals surface area (Å²) < 4.78 is 0. The van der Waals surface area contributed by atoms with Crippen molar-refractivity contribution in [2.24, 2.45) is 5.41 Å². The number of aryl methyl sites for hydroxylation is 1. The minimum Gasteiger partial charge on any atom is -0.383 e. The molecule has 0 amide bonds. The molecule has 0 saturated heterocycles. The molecular weight excluding hydrogens is 164 g/mol. The second-order valence-electron chi connectivity index (χ2n) is 4.47. The van der Waals surface area contributed by atoms with Gasteiger partial charge >= 0.3 is 0 Å². The average molecular weight is 178 g/mol. The lowest BCUT2D eigenvalue weighted by molar-refractivity contribution is 0.103. The predicted octanol–water partition coefficient (Wildman–Crippen LogP) is 1.40. The van der Waals surface area contributed by atoms with E-state index in [1.807, 2.05) is 20.8 Å². The first-order valence-corrected chi connectivity index (χ1v) is 4.47. The molecule has 0 spiro atoms. The molecule has 0 aliphatic heterocycles. The number of aliphatic hydroxyl groups is 1. The fourth-order valence-corrected chi connectivity index (χ4v) is 1.70. The Morgan fingerprint density at radius 1 is 1.38 bits per heavy atom. The van der Waals surface area contributed by atoms with Crippen molar-refractivity contribution in [3.8, 4) is 0 Å². The third kappa shape index (κ3) is 1.15. The van der Waals surface area contributed by atoms with Gasteiger partial charge in [-0.15, -0.1) is 0 Å². The molecule has 1 aliphatic carbocycles. The molecule has 1 aromatic rings. The molecule has 0 aromatic carbocycles. The van der Waals surface area contributed by atoms with E-state index in [-0.39, 0.29) is 5.41 Å². The van der Waals surface area contributed by atoms with Crippen LogP contribution in [0.25, 0.3) is 0 Å². The predicted molar refractivity (Wildman–Crippen MR) is 49.1 cm³/mol. The van der Waals surface area contributed by atoms with Crippen LogP contribution in [0.5, 0.6) is 0 Å². The highest BCUT2D eigenvalue weighted by atomic mass is 16.3. The summed E-state index contributed by atoms with van der Waals surface area (Å²) in [7, 11) is 0. The van der Waals surface area contributed by atoms with Crippen LogP contribution in [-0.4, -0.2) is 15.1 Å². The normalized spacial score (nSPS) is 30.2. The van der Waals surface area contributed by atoms with Gasteiger partial charge in [0, 0.05) is 11.6 Å². The number of aromatic nitrogens is 2. The van der Waals surface area contributed by atoms with Gasteiger partial charge in [-0.25, -0.2) is 0 Å². The van der Waals surface area contributed by atoms with Crippen molar-refractivity contribution in [2.75, 3.05) is 0 Å². The van der Waals surface area contributed by atoms with E-state index < -0.39 is 5.60 Å². The summed E-state index contributed by atoms with van der Waals surface area (Å²) in [5, 5.41) is 10.1. The second kappa shape index (κ2) is 2.29. The van der Waals surface area contributed by atoms with Gasteiger partial charge < -0.3 is 5.11 Å². The van der Waals surface area contributed by atoms with Gasteiger partial charge in [-0.2, -0.15) is 0 Å². The van der Waals surface area contributed by atoms with E-state index in [1.54, 1.807) is 12.4 Å². The highest BCUT2D eigenvalue weighted by molar-refractivity contribution is 5.25. The van der Waals surface area contributed by atoms with Gasteiger partial charge in [-0.1, -0.05) is 13.8 Å². The summed E-state index contributed by atoms with van der Waals surface area (Å²) in [5.41, 5.74) is 0.771. The Morgan fingerprint density at radius 3 is 2.46 bits per heavy atom. The van der Waals surface area contributed by atoms with E-state index in [9.17, 15) is 5.11 Å². The molecule has 70 valence electrons. The lowest BCUT2D eigenvalue weighted by Crippen LogP contribution is -2.15. The van der Waals surface area contributed by atoms with E-state index in [0.29, 0.717) is 5.69 Å². The van der Waals surface area contributed by atoms with Gasteiger partial charge in [-0.3, -0.25) is 9.97 Å². The summed E-state index contributed by atoms with van der Waals surface area (Å²) in [4.78, 5) is 8.32. The van der Waals surface area contributed by atoms with E-state index in [0.717, 1.165) is 12.1 Å². The van der Waals surface area contributed by atoms with Crippen molar-refractivity contribution in [3.63, 3.8) is 0 Å². The van der Waals surface area contributed by atoms with Crippen molar-refractivity contribution in [2.45, 2.75) is 32.8 Å². The summed E-state index contributed by atoms with van der Waals surface area (Å²) in [6, 6.07) is 0. The molecule has 3 heteroatoms. The molecule has 1 N–H and O–H groups in total. The van der Waals surface area contributed by atoms with E-state index in [4.69, 9.17) is 0 Å². The zero-order valence-corrected chi connectivity index (χ0v) is 8.20. The standard InChI is InChI=1S/C10H14N2O/c1-7-4-11-5-8(12-7)10(13)6-9(10,2)3/h4-5,13H,6H2,1-3H3. The van der Waals surface area contributed by atoms with Crippen molar-refractivity contribution in [3.05, 3.63) is 23.8 Å². The zero-order chi connectivity index (χ0) is 9.69. The fraction of sp³-hybridized carbons (Fsp3) is 0.600. The van der Waals surface area contributed by atoms with Crippen LogP contribution < -0.4 is 0 Å². The molecular formula is C10H14N2O. The summed E-state index contributed by atoms with van der Waals surface area (Å²) in [6.07, 6.45) is 4.13. The van der Waals surface area contributed by atoms with E-state index >= 15 is 0 Å². The van der Waals surface area contributed by atoms with Crippen LogP contribution in [0.2, 0.25) is 0 Å². The molecule has 1 atom stereocenters. The monoisotopic (exact) mass is 178 g/mol. The molecule has 0 bridgehead atoms. The molecule has 1 aliphatic rings. The Morgan fingerprint density at radius 2 is 2.00 bits per heavy atom. The molecule has 1 fully saturated rings. The maximum Gasteiger partial charge on any atom is 0.114 e. The first-order valence-electron chi connectivity index (χ1n) is 4.47. The topological polar surface area (TPSA) is 46.0 Å². The number of hydrogen-bond donors (Lipinski definition) is 1. The molecule has 2 rings (SSSR count). The Kier molecular flexibility index (Phi) is 1.52. The van der Waals surface area contributed by atoms with Crippen molar-refractivity contribution in [1.29, 1.82) is 0 Å². The Labute approximate surface area is 77.8 Å². The highest BCUT2D eigenvalue weighted by Gasteiger charge is 2.62. The first-order chi connectivity index (χ1) is 5.96. The molecule has 0 radical (unpaired) electrons. The lowest BCUT2D eigenvalue weighted by atomic mass is 10.1. The van der Waals surface area contributed by atoms with Crippen LogP contribution in [-0.2, 0) is 5.60 Å². The van der Waals surface area contributed by atoms with Crippen LogP contribution in [0.4, 0.5) is 0 Å². The zero-order valence-electron chi connectivity index (χ0n) is 8.20. The van der Waals surface area contributed by atoms with Gasteiger partial charge in [0.05, 0.1) is 17.6 Å².